The lowest BCUT2D eigenvalue weighted by atomic mass is 10.0. The molecule has 0 aromatic heterocycles. The minimum Gasteiger partial charge on any atom is -0.462 e. The van der Waals surface area contributed by atoms with E-state index in [0.717, 1.165) is 77.0 Å². The molecule has 1 atom stereocenters. The topological polar surface area (TPSA) is 78.9 Å². The van der Waals surface area contributed by atoms with Gasteiger partial charge in [0.05, 0.1) is 0 Å². The number of allylic oxidation sites excluding steroid dienone is 14. The number of carbonyl (C=O) groups is 3. The normalized spacial score (nSPS) is 12.7. The summed E-state index contributed by atoms with van der Waals surface area (Å²) in [5, 5.41) is 0. The zero-order chi connectivity index (χ0) is 51.4. The van der Waals surface area contributed by atoms with Gasteiger partial charge in [0, 0.05) is 19.3 Å². The summed E-state index contributed by atoms with van der Waals surface area (Å²) in [6.45, 7) is 6.48. The van der Waals surface area contributed by atoms with Crippen LogP contribution >= 0.6 is 0 Å². The molecule has 0 heterocycles. The first-order valence-corrected chi connectivity index (χ1v) is 30.1. The van der Waals surface area contributed by atoms with Crippen molar-refractivity contribution in [2.45, 2.75) is 297 Å². The number of ether oxygens (including phenoxy) is 3. The Morgan fingerprint density at radius 1 is 0.296 bits per heavy atom. The molecule has 0 fully saturated rings. The second-order valence-electron chi connectivity index (χ2n) is 19.9. The minimum atomic E-state index is -0.816. The minimum absolute atomic E-state index is 0.104. The molecule has 0 aromatic carbocycles. The first kappa shape index (κ1) is 67.6. The van der Waals surface area contributed by atoms with E-state index in [0.29, 0.717) is 19.3 Å². The first-order valence-electron chi connectivity index (χ1n) is 30.1. The van der Waals surface area contributed by atoms with Gasteiger partial charge in [-0.1, -0.05) is 273 Å². The van der Waals surface area contributed by atoms with Gasteiger partial charge < -0.3 is 14.2 Å². The monoisotopic (exact) mass is 989 g/mol. The zero-order valence-electron chi connectivity index (χ0n) is 46.7. The average molecular weight is 990 g/mol. The van der Waals surface area contributed by atoms with Crippen LogP contribution in [-0.4, -0.2) is 37.2 Å². The third-order valence-corrected chi connectivity index (χ3v) is 12.9. The fourth-order valence-electron chi connectivity index (χ4n) is 8.41. The predicted molar refractivity (Wildman–Crippen MR) is 307 cm³/mol. The van der Waals surface area contributed by atoms with Gasteiger partial charge in [0.1, 0.15) is 13.2 Å². The average Bonchev–Trinajstić information content (AvgIpc) is 3.37. The van der Waals surface area contributed by atoms with Gasteiger partial charge in [-0.15, -0.1) is 0 Å². The Morgan fingerprint density at radius 3 is 0.915 bits per heavy atom. The van der Waals surface area contributed by atoms with Gasteiger partial charge in [-0.25, -0.2) is 0 Å². The van der Waals surface area contributed by atoms with Gasteiger partial charge in [0.25, 0.3) is 0 Å². The second-order valence-corrected chi connectivity index (χ2v) is 19.9. The van der Waals surface area contributed by atoms with E-state index >= 15 is 0 Å². The third kappa shape index (κ3) is 57.4. The molecule has 0 bridgehead atoms. The Morgan fingerprint density at radius 2 is 0.577 bits per heavy atom. The summed E-state index contributed by atoms with van der Waals surface area (Å²) in [7, 11) is 0. The number of carbonyl (C=O) groups excluding carboxylic acids is 3. The van der Waals surface area contributed by atoms with E-state index in [1.807, 2.05) is 6.08 Å². The Bertz CT molecular complexity index is 1370. The van der Waals surface area contributed by atoms with Crippen molar-refractivity contribution < 1.29 is 28.6 Å². The molecule has 0 aromatic rings. The van der Waals surface area contributed by atoms with E-state index in [4.69, 9.17) is 14.2 Å². The number of hydrogen-bond acceptors (Lipinski definition) is 6. The quantitative estimate of drug-likeness (QED) is 0.0261. The summed E-state index contributed by atoms with van der Waals surface area (Å²) in [5.74, 6) is -0.980. The molecule has 0 aliphatic heterocycles. The van der Waals surface area contributed by atoms with Crippen molar-refractivity contribution in [1.82, 2.24) is 0 Å². The largest absolute Gasteiger partial charge is 0.462 e. The lowest BCUT2D eigenvalue weighted by molar-refractivity contribution is -0.166. The molecule has 6 nitrogen and oxygen atoms in total. The SMILES string of the molecule is CC/C=C\C/C=C\C/C=C\C/C=C\C/C=C\C/C=C\CCC(=O)O[C@H](COC(=O)CCCCCCCCCCCCC/C=C\CCCCCCCC)COC(=O)CCCCCCCCCCCCCCC. The molecular formula is C65H112O6. The highest BCUT2D eigenvalue weighted by Gasteiger charge is 2.19. The Balaban J connectivity index is 4.43. The van der Waals surface area contributed by atoms with E-state index < -0.39 is 6.10 Å². The molecule has 0 aliphatic carbocycles. The summed E-state index contributed by atoms with van der Waals surface area (Å²) in [5.41, 5.74) is 0. The van der Waals surface area contributed by atoms with Crippen molar-refractivity contribution >= 4 is 17.9 Å². The molecule has 0 N–H and O–H groups in total. The Kier molecular flexibility index (Phi) is 56.3. The standard InChI is InChI=1S/C65H112O6/c1-4-7-10-13-16-19-22-25-27-29-31-32-34-35-37-40-43-46-49-52-55-58-64(67)70-61-62(60-69-63(66)57-54-51-48-45-42-39-24-21-18-15-12-9-6-3)71-65(68)59-56-53-50-47-44-41-38-36-33-30-28-26-23-20-17-14-11-8-5-2/h8,11,17,20,25-28,33,36,41,44,50,53,62H,4-7,9-10,12-16,18-19,21-24,29-32,34-35,37-40,42-43,45-49,51-52,54-61H2,1-3H3/b11-8-,20-17-,27-25-,28-26-,36-33-,44-41-,53-50-/t62-/m0/s1. The maximum atomic E-state index is 12.8. The van der Waals surface area contributed by atoms with Crippen LogP contribution in [0.2, 0.25) is 0 Å². The summed E-state index contributed by atoms with van der Waals surface area (Å²) in [6.07, 6.45) is 77.3. The number of hydrogen-bond donors (Lipinski definition) is 0. The van der Waals surface area contributed by atoms with Gasteiger partial charge >= 0.3 is 17.9 Å². The fraction of sp³-hybridized carbons (Fsp3) is 0.738. The fourth-order valence-corrected chi connectivity index (χ4v) is 8.41. The van der Waals surface area contributed by atoms with Crippen molar-refractivity contribution in [3.8, 4) is 0 Å². The molecule has 0 aliphatic rings. The summed E-state index contributed by atoms with van der Waals surface area (Å²) >= 11 is 0. The molecule has 0 saturated heterocycles. The third-order valence-electron chi connectivity index (χ3n) is 12.9. The molecule has 0 rings (SSSR count). The highest BCUT2D eigenvalue weighted by molar-refractivity contribution is 5.71. The maximum absolute atomic E-state index is 12.8. The summed E-state index contributed by atoms with van der Waals surface area (Å²) in [6, 6.07) is 0. The molecular weight excluding hydrogens is 877 g/mol. The van der Waals surface area contributed by atoms with Crippen molar-refractivity contribution in [2.24, 2.45) is 0 Å². The van der Waals surface area contributed by atoms with Crippen LogP contribution in [-0.2, 0) is 28.6 Å². The second kappa shape index (κ2) is 59.2. The van der Waals surface area contributed by atoms with Crippen molar-refractivity contribution in [3.63, 3.8) is 0 Å². The van der Waals surface area contributed by atoms with E-state index in [9.17, 15) is 14.4 Å². The van der Waals surface area contributed by atoms with Gasteiger partial charge in [-0.3, -0.25) is 14.4 Å². The maximum Gasteiger partial charge on any atom is 0.306 e. The van der Waals surface area contributed by atoms with Crippen molar-refractivity contribution in [3.05, 3.63) is 85.1 Å². The molecule has 71 heavy (non-hydrogen) atoms. The van der Waals surface area contributed by atoms with Gasteiger partial charge in [0.15, 0.2) is 6.10 Å². The lowest BCUT2D eigenvalue weighted by Gasteiger charge is -2.18. The molecule has 408 valence electrons. The smallest absolute Gasteiger partial charge is 0.306 e. The summed E-state index contributed by atoms with van der Waals surface area (Å²) < 4.78 is 16.8. The van der Waals surface area contributed by atoms with E-state index in [1.165, 1.54) is 167 Å². The number of rotatable bonds is 54. The zero-order valence-corrected chi connectivity index (χ0v) is 46.7. The Labute approximate surface area is 439 Å². The highest BCUT2D eigenvalue weighted by atomic mass is 16.6. The molecule has 0 unspecified atom stereocenters. The van der Waals surface area contributed by atoms with Crippen LogP contribution in [0.4, 0.5) is 0 Å². The van der Waals surface area contributed by atoms with Crippen LogP contribution in [0.1, 0.15) is 290 Å². The molecule has 0 amide bonds. The number of unbranched alkanes of at least 4 members (excludes halogenated alkanes) is 29. The highest BCUT2D eigenvalue weighted by Crippen LogP contribution is 2.16. The van der Waals surface area contributed by atoms with Gasteiger partial charge in [0.2, 0.25) is 0 Å². The predicted octanol–water partition coefficient (Wildman–Crippen LogP) is 20.3. The van der Waals surface area contributed by atoms with Crippen LogP contribution in [0.15, 0.2) is 85.1 Å². The van der Waals surface area contributed by atoms with Crippen LogP contribution in [0.25, 0.3) is 0 Å². The molecule has 0 spiro atoms. The van der Waals surface area contributed by atoms with E-state index in [1.54, 1.807) is 0 Å². The Hall–Kier alpha value is -3.41. The molecule has 6 heteroatoms. The lowest BCUT2D eigenvalue weighted by Crippen LogP contribution is -2.30. The number of esters is 3. The molecule has 0 saturated carbocycles. The van der Waals surface area contributed by atoms with Crippen LogP contribution < -0.4 is 0 Å². The van der Waals surface area contributed by atoms with Gasteiger partial charge in [-0.2, -0.15) is 0 Å². The molecule has 0 radical (unpaired) electrons. The van der Waals surface area contributed by atoms with E-state index in [-0.39, 0.29) is 37.5 Å². The van der Waals surface area contributed by atoms with Crippen LogP contribution in [0.5, 0.6) is 0 Å². The van der Waals surface area contributed by atoms with Gasteiger partial charge in [-0.05, 0) is 83.5 Å². The first-order chi connectivity index (χ1) is 35.0. The van der Waals surface area contributed by atoms with Crippen molar-refractivity contribution in [2.75, 3.05) is 13.2 Å². The van der Waals surface area contributed by atoms with Crippen LogP contribution in [0.3, 0.4) is 0 Å². The summed E-state index contributed by atoms with van der Waals surface area (Å²) in [4.78, 5) is 38.2. The van der Waals surface area contributed by atoms with E-state index in [2.05, 4.69) is 99.8 Å². The van der Waals surface area contributed by atoms with Crippen LogP contribution in [0, 0.1) is 0 Å². The van der Waals surface area contributed by atoms with Crippen molar-refractivity contribution in [1.29, 1.82) is 0 Å².